The second kappa shape index (κ2) is 2.64. The first-order chi connectivity index (χ1) is 5.00. The molecule has 1 atom stereocenters. The molecule has 0 aliphatic carbocycles. The van der Waals surface area contributed by atoms with Crippen molar-refractivity contribution in [2.75, 3.05) is 6.61 Å². The van der Waals surface area contributed by atoms with Crippen LogP contribution in [0.1, 0.15) is 20.8 Å². The third-order valence-corrected chi connectivity index (χ3v) is 1.86. The van der Waals surface area contributed by atoms with Crippen molar-refractivity contribution in [2.24, 2.45) is 16.3 Å². The van der Waals surface area contributed by atoms with E-state index in [-0.39, 0.29) is 11.3 Å². The summed E-state index contributed by atoms with van der Waals surface area (Å²) < 4.78 is 4.78. The van der Waals surface area contributed by atoms with Gasteiger partial charge in [0.2, 0.25) is 0 Å². The molecule has 1 aliphatic rings. The Hall–Kier alpha value is -0.860. The van der Waals surface area contributed by atoms with Crippen LogP contribution in [0.5, 0.6) is 0 Å². The number of ether oxygens (including phenoxy) is 1. The van der Waals surface area contributed by atoms with Crippen LogP contribution in [0.15, 0.2) is 4.99 Å². The maximum absolute atomic E-state index is 10.5. The van der Waals surface area contributed by atoms with E-state index in [4.69, 9.17) is 4.74 Å². The molecule has 0 fully saturated rings. The highest BCUT2D eigenvalue weighted by atomic mass is 16.5. The zero-order chi connectivity index (χ0) is 8.48. The molecule has 1 unspecified atom stereocenters. The zero-order valence-corrected chi connectivity index (χ0v) is 7.13. The van der Waals surface area contributed by atoms with Crippen LogP contribution in [0.3, 0.4) is 0 Å². The number of amides is 1. The highest BCUT2D eigenvalue weighted by Gasteiger charge is 2.26. The molecule has 1 amide bonds. The van der Waals surface area contributed by atoms with Crippen molar-refractivity contribution < 1.29 is 9.53 Å². The van der Waals surface area contributed by atoms with Gasteiger partial charge >= 0.3 is 6.09 Å². The minimum absolute atomic E-state index is 0.129. The third kappa shape index (κ3) is 2.03. The number of rotatable bonds is 0. The molecule has 0 radical (unpaired) electrons. The van der Waals surface area contributed by atoms with Crippen molar-refractivity contribution in [1.29, 1.82) is 0 Å². The number of aliphatic imine (C=N–C) groups is 1. The molecule has 0 N–H and O–H groups in total. The summed E-state index contributed by atoms with van der Waals surface area (Å²) in [6.45, 7) is 6.76. The van der Waals surface area contributed by atoms with E-state index in [1.54, 1.807) is 6.21 Å². The number of carbonyl (C=O) groups excluding carboxylic acids is 1. The second-order valence-electron chi connectivity index (χ2n) is 3.83. The zero-order valence-electron chi connectivity index (χ0n) is 7.13. The van der Waals surface area contributed by atoms with Gasteiger partial charge in [-0.15, -0.1) is 0 Å². The number of cyclic esters (lactones) is 1. The van der Waals surface area contributed by atoms with Gasteiger partial charge in [-0.25, -0.2) is 4.79 Å². The molecule has 1 rings (SSSR count). The highest BCUT2D eigenvalue weighted by molar-refractivity contribution is 5.82. The molecule has 1 heterocycles. The minimum Gasteiger partial charge on any atom is -0.447 e. The molecule has 1 aliphatic heterocycles. The van der Waals surface area contributed by atoms with E-state index >= 15 is 0 Å². The van der Waals surface area contributed by atoms with Gasteiger partial charge in [0.15, 0.2) is 0 Å². The van der Waals surface area contributed by atoms with E-state index in [2.05, 4.69) is 25.8 Å². The van der Waals surface area contributed by atoms with Crippen molar-refractivity contribution in [3.8, 4) is 0 Å². The van der Waals surface area contributed by atoms with E-state index in [0.29, 0.717) is 6.61 Å². The molecular weight excluding hydrogens is 142 g/mol. The standard InChI is InChI=1S/C8H13NO2/c1-8(2,3)6-4-9-7(10)11-5-6/h4,6H,5H2,1-3H3. The number of carbonyl (C=O) groups is 1. The molecule has 0 aromatic rings. The topological polar surface area (TPSA) is 38.7 Å². The lowest BCUT2D eigenvalue weighted by Gasteiger charge is -2.28. The fourth-order valence-electron chi connectivity index (χ4n) is 0.866. The minimum atomic E-state index is -0.467. The van der Waals surface area contributed by atoms with Crippen LogP contribution in [0.4, 0.5) is 4.79 Å². The Morgan fingerprint density at radius 1 is 1.64 bits per heavy atom. The van der Waals surface area contributed by atoms with Gasteiger partial charge < -0.3 is 4.74 Å². The summed E-state index contributed by atoms with van der Waals surface area (Å²) in [6, 6.07) is 0. The summed E-state index contributed by atoms with van der Waals surface area (Å²) >= 11 is 0. The van der Waals surface area contributed by atoms with Gasteiger partial charge in [-0.1, -0.05) is 20.8 Å². The molecule has 0 aromatic carbocycles. The molecule has 11 heavy (non-hydrogen) atoms. The van der Waals surface area contributed by atoms with Gasteiger partial charge in [0, 0.05) is 12.1 Å². The van der Waals surface area contributed by atoms with Crippen molar-refractivity contribution in [2.45, 2.75) is 20.8 Å². The molecular formula is C8H13NO2. The van der Waals surface area contributed by atoms with Crippen LogP contribution in [0, 0.1) is 11.3 Å². The lowest BCUT2D eigenvalue weighted by molar-refractivity contribution is 0.116. The second-order valence-corrected chi connectivity index (χ2v) is 3.83. The van der Waals surface area contributed by atoms with Crippen LogP contribution in [0.25, 0.3) is 0 Å². The summed E-state index contributed by atoms with van der Waals surface area (Å²) in [6.07, 6.45) is 1.22. The Bertz CT molecular complexity index is 191. The Kier molecular flexibility index (Phi) is 1.98. The van der Waals surface area contributed by atoms with Crippen molar-refractivity contribution >= 4 is 12.3 Å². The summed E-state index contributed by atoms with van der Waals surface area (Å²) in [7, 11) is 0. The first-order valence-corrected chi connectivity index (χ1v) is 3.71. The fourth-order valence-corrected chi connectivity index (χ4v) is 0.866. The maximum atomic E-state index is 10.5. The summed E-state index contributed by atoms with van der Waals surface area (Å²) in [5.41, 5.74) is 0.129. The Labute approximate surface area is 66.5 Å². The lowest BCUT2D eigenvalue weighted by atomic mass is 9.82. The molecule has 0 saturated carbocycles. The Morgan fingerprint density at radius 2 is 2.27 bits per heavy atom. The van der Waals surface area contributed by atoms with Gasteiger partial charge in [-0.05, 0) is 5.41 Å². The summed E-state index contributed by atoms with van der Waals surface area (Å²) in [5.74, 6) is 0.250. The monoisotopic (exact) mass is 155 g/mol. The lowest BCUT2D eigenvalue weighted by Crippen LogP contribution is -2.30. The predicted octanol–water partition coefficient (Wildman–Crippen LogP) is 1.87. The van der Waals surface area contributed by atoms with Crippen LogP contribution in [-0.2, 0) is 4.74 Å². The number of hydrogen-bond acceptors (Lipinski definition) is 2. The molecule has 3 heteroatoms. The summed E-state index contributed by atoms with van der Waals surface area (Å²) in [5, 5.41) is 0. The summed E-state index contributed by atoms with van der Waals surface area (Å²) in [4.78, 5) is 14.1. The van der Waals surface area contributed by atoms with Gasteiger partial charge in [0.25, 0.3) is 0 Å². The normalized spacial score (nSPS) is 25.0. The van der Waals surface area contributed by atoms with E-state index in [0.717, 1.165) is 0 Å². The van der Waals surface area contributed by atoms with Gasteiger partial charge in [-0.2, -0.15) is 4.99 Å². The van der Waals surface area contributed by atoms with Crippen LogP contribution in [0.2, 0.25) is 0 Å². The highest BCUT2D eigenvalue weighted by Crippen LogP contribution is 2.26. The van der Waals surface area contributed by atoms with Crippen molar-refractivity contribution in [3.63, 3.8) is 0 Å². The largest absolute Gasteiger partial charge is 0.447 e. The molecule has 62 valence electrons. The smallest absolute Gasteiger partial charge is 0.433 e. The first kappa shape index (κ1) is 8.24. The van der Waals surface area contributed by atoms with E-state index in [1.165, 1.54) is 0 Å². The quantitative estimate of drug-likeness (QED) is 0.535. The number of hydrogen-bond donors (Lipinski definition) is 0. The molecule has 0 bridgehead atoms. The maximum Gasteiger partial charge on any atom is 0.433 e. The van der Waals surface area contributed by atoms with Gasteiger partial charge in [-0.3, -0.25) is 0 Å². The Balaban J connectivity index is 2.65. The van der Waals surface area contributed by atoms with Crippen LogP contribution in [-0.4, -0.2) is 18.9 Å². The predicted molar refractivity (Wildman–Crippen MR) is 42.8 cm³/mol. The molecule has 3 nitrogen and oxygen atoms in total. The fraction of sp³-hybridized carbons (Fsp3) is 0.750. The van der Waals surface area contributed by atoms with Crippen LogP contribution >= 0.6 is 0 Å². The van der Waals surface area contributed by atoms with Crippen LogP contribution < -0.4 is 0 Å². The third-order valence-electron chi connectivity index (χ3n) is 1.86. The van der Waals surface area contributed by atoms with Gasteiger partial charge in [0.05, 0.1) is 0 Å². The first-order valence-electron chi connectivity index (χ1n) is 3.71. The number of nitrogens with zero attached hydrogens (tertiary/aromatic N) is 1. The van der Waals surface area contributed by atoms with E-state index in [1.807, 2.05) is 0 Å². The van der Waals surface area contributed by atoms with Gasteiger partial charge in [0.1, 0.15) is 6.61 Å². The van der Waals surface area contributed by atoms with E-state index < -0.39 is 6.09 Å². The SMILES string of the molecule is CC(C)(C)C1C=NC(=O)OC1. The Morgan fingerprint density at radius 3 is 2.64 bits per heavy atom. The molecule has 0 saturated heterocycles. The molecule has 0 spiro atoms. The average molecular weight is 155 g/mol. The average Bonchev–Trinajstić information content (AvgIpc) is 1.86. The van der Waals surface area contributed by atoms with Crippen molar-refractivity contribution in [1.82, 2.24) is 0 Å². The van der Waals surface area contributed by atoms with E-state index in [9.17, 15) is 4.79 Å². The molecule has 0 aromatic heterocycles. The van der Waals surface area contributed by atoms with Crippen molar-refractivity contribution in [3.05, 3.63) is 0 Å².